The zero-order chi connectivity index (χ0) is 21.1. The second kappa shape index (κ2) is 11.5. The Labute approximate surface area is 172 Å². The van der Waals surface area contributed by atoms with E-state index in [0.29, 0.717) is 12.6 Å². The number of nitrogens with one attached hydrogen (secondary N) is 1. The number of hydrogen-bond acceptors (Lipinski definition) is 6. The number of esters is 2. The molecule has 1 saturated heterocycles. The molecule has 0 saturated carbocycles. The molecule has 0 aromatic carbocycles. The number of aliphatic hydroxyl groups excluding tert-OH is 1. The Morgan fingerprint density at radius 2 is 1.97 bits per heavy atom. The molecule has 0 aliphatic carbocycles. The fraction of sp³-hybridized carbons (Fsp3) is 0.591. The van der Waals surface area contributed by atoms with E-state index in [1.807, 2.05) is 12.3 Å². The van der Waals surface area contributed by atoms with E-state index in [1.54, 1.807) is 20.0 Å². The maximum absolute atomic E-state index is 12.4. The second-order valence-corrected chi connectivity index (χ2v) is 7.13. The largest absolute Gasteiger partial charge is 0.465 e. The minimum Gasteiger partial charge on any atom is -0.465 e. The molecular weight excluding hydrogens is 372 g/mol. The minimum atomic E-state index is -1.79. The number of nitrogens with zero attached hydrogens (tertiary/aromatic N) is 1. The molecule has 1 aliphatic heterocycles. The van der Waals surface area contributed by atoms with Crippen LogP contribution in [0.3, 0.4) is 0 Å². The summed E-state index contributed by atoms with van der Waals surface area (Å²) in [6.07, 6.45) is 6.93. The summed E-state index contributed by atoms with van der Waals surface area (Å²) >= 11 is 0. The van der Waals surface area contributed by atoms with Crippen molar-refractivity contribution in [2.45, 2.75) is 45.6 Å². The van der Waals surface area contributed by atoms with Crippen molar-refractivity contribution < 1.29 is 29.1 Å². The third-order valence-corrected chi connectivity index (χ3v) is 5.25. The van der Waals surface area contributed by atoms with Gasteiger partial charge in [0.05, 0.1) is 26.4 Å². The fourth-order valence-corrected chi connectivity index (χ4v) is 3.62. The van der Waals surface area contributed by atoms with Gasteiger partial charge in [0.2, 0.25) is 0 Å². The summed E-state index contributed by atoms with van der Waals surface area (Å²) in [5.74, 6) is 4.44. The van der Waals surface area contributed by atoms with Gasteiger partial charge >= 0.3 is 11.9 Å². The number of piperidine rings is 1. The van der Waals surface area contributed by atoms with Crippen molar-refractivity contribution in [3.05, 3.63) is 30.1 Å². The van der Waals surface area contributed by atoms with Crippen LogP contribution < -0.4 is 4.90 Å². The lowest BCUT2D eigenvalue weighted by molar-refractivity contribution is -0.930. The van der Waals surface area contributed by atoms with Crippen LogP contribution in [0.5, 0.6) is 0 Å². The third kappa shape index (κ3) is 5.78. The number of likely N-dealkylation sites (tertiary alicyclic amines) is 1. The topological polar surface area (TPSA) is 90.2 Å². The standard InChI is InChI=1S/C22H30N2O5/c1-3-28-20(26)22(17-25,21(27)29-4-2)12-6-8-15-24-14-7-5-11-19(24)18-10-9-13-23-16-18/h9-10,13,16,19,25H,3-5,7,11-12,14-15,17H2,1-2H3/p+1/t19-/m1/s1. The van der Waals surface area contributed by atoms with Crippen LogP contribution in [-0.4, -0.2) is 54.9 Å². The van der Waals surface area contributed by atoms with E-state index >= 15 is 0 Å². The van der Waals surface area contributed by atoms with Crippen molar-refractivity contribution in [3.8, 4) is 11.8 Å². The lowest BCUT2D eigenvalue weighted by atomic mass is 9.85. The zero-order valence-electron chi connectivity index (χ0n) is 17.3. The summed E-state index contributed by atoms with van der Waals surface area (Å²) in [6, 6.07) is 4.38. The molecule has 0 spiro atoms. The first-order valence-corrected chi connectivity index (χ1v) is 10.2. The maximum atomic E-state index is 12.4. The van der Waals surface area contributed by atoms with Gasteiger partial charge in [-0.1, -0.05) is 12.0 Å². The van der Waals surface area contributed by atoms with Crippen molar-refractivity contribution in [2.24, 2.45) is 5.41 Å². The molecule has 0 radical (unpaired) electrons. The lowest BCUT2D eigenvalue weighted by Crippen LogP contribution is -3.13. The molecular formula is C22H31N2O5+. The number of rotatable bonds is 8. The Morgan fingerprint density at radius 1 is 1.24 bits per heavy atom. The van der Waals surface area contributed by atoms with Gasteiger partial charge < -0.3 is 19.5 Å². The fourth-order valence-electron chi connectivity index (χ4n) is 3.62. The third-order valence-electron chi connectivity index (χ3n) is 5.25. The van der Waals surface area contributed by atoms with Crippen LogP contribution in [0, 0.1) is 17.3 Å². The molecule has 2 heterocycles. The molecule has 0 amide bonds. The van der Waals surface area contributed by atoms with E-state index in [9.17, 15) is 14.7 Å². The van der Waals surface area contributed by atoms with Gasteiger partial charge in [0.25, 0.3) is 0 Å². The van der Waals surface area contributed by atoms with Crippen molar-refractivity contribution in [1.29, 1.82) is 0 Å². The van der Waals surface area contributed by atoms with E-state index in [-0.39, 0.29) is 19.6 Å². The van der Waals surface area contributed by atoms with Crippen LogP contribution in [0.1, 0.15) is 51.1 Å². The highest BCUT2D eigenvalue weighted by atomic mass is 16.6. The Kier molecular flexibility index (Phi) is 9.10. The quantitative estimate of drug-likeness (QED) is 0.377. The van der Waals surface area contributed by atoms with Gasteiger partial charge in [-0.25, -0.2) is 0 Å². The molecule has 1 fully saturated rings. The van der Waals surface area contributed by atoms with E-state index in [0.717, 1.165) is 19.4 Å². The Hall–Kier alpha value is -2.43. The molecule has 7 heteroatoms. The predicted octanol–water partition coefficient (Wildman–Crippen LogP) is 0.690. The molecule has 0 bridgehead atoms. The molecule has 29 heavy (non-hydrogen) atoms. The van der Waals surface area contributed by atoms with Crippen LogP contribution in [0.15, 0.2) is 24.5 Å². The summed E-state index contributed by atoms with van der Waals surface area (Å²) in [5.41, 5.74) is -0.592. The smallest absolute Gasteiger partial charge is 0.326 e. The molecule has 2 rings (SSSR count). The van der Waals surface area contributed by atoms with E-state index in [2.05, 4.69) is 22.9 Å². The first-order valence-electron chi connectivity index (χ1n) is 10.2. The van der Waals surface area contributed by atoms with Crippen LogP contribution >= 0.6 is 0 Å². The number of carbonyl (C=O) groups excluding carboxylic acids is 2. The number of quaternary nitrogens is 1. The van der Waals surface area contributed by atoms with Crippen molar-refractivity contribution in [2.75, 3.05) is 32.9 Å². The molecule has 2 N–H and O–H groups in total. The highest BCUT2D eigenvalue weighted by Crippen LogP contribution is 2.25. The zero-order valence-corrected chi connectivity index (χ0v) is 17.3. The number of aliphatic hydroxyl groups is 1. The SMILES string of the molecule is CCOC(=O)C(CO)(CC#CC[NH+]1CCCC[C@@H]1c1cccnc1)C(=O)OCC. The molecule has 158 valence electrons. The van der Waals surface area contributed by atoms with Crippen LogP contribution in [0.2, 0.25) is 0 Å². The minimum absolute atomic E-state index is 0.109. The Balaban J connectivity index is 2.11. The number of hydrogen-bond donors (Lipinski definition) is 2. The van der Waals surface area contributed by atoms with Crippen LogP contribution in [-0.2, 0) is 19.1 Å². The van der Waals surface area contributed by atoms with Gasteiger partial charge in [0, 0.05) is 30.8 Å². The van der Waals surface area contributed by atoms with Crippen LogP contribution in [0.25, 0.3) is 0 Å². The Morgan fingerprint density at radius 3 is 2.55 bits per heavy atom. The molecule has 1 aromatic heterocycles. The van der Waals surface area contributed by atoms with E-state index < -0.39 is 24.0 Å². The number of pyridine rings is 1. The molecule has 2 atom stereocenters. The molecule has 1 aliphatic rings. The summed E-state index contributed by atoms with van der Waals surface area (Å²) in [7, 11) is 0. The van der Waals surface area contributed by atoms with E-state index in [4.69, 9.17) is 9.47 Å². The highest BCUT2D eigenvalue weighted by molar-refractivity contribution is 6.00. The monoisotopic (exact) mass is 403 g/mol. The van der Waals surface area contributed by atoms with Gasteiger partial charge in [-0.05, 0) is 38.7 Å². The normalized spacial score (nSPS) is 19.0. The summed E-state index contributed by atoms with van der Waals surface area (Å²) in [5, 5.41) is 9.83. The van der Waals surface area contributed by atoms with Gasteiger partial charge in [0.1, 0.15) is 12.6 Å². The maximum Gasteiger partial charge on any atom is 0.326 e. The van der Waals surface area contributed by atoms with Gasteiger partial charge in [-0.2, -0.15) is 0 Å². The second-order valence-electron chi connectivity index (χ2n) is 7.13. The lowest BCUT2D eigenvalue weighted by Gasteiger charge is -2.31. The first-order chi connectivity index (χ1) is 14.1. The predicted molar refractivity (Wildman–Crippen MR) is 107 cm³/mol. The molecule has 1 aromatic rings. The van der Waals surface area contributed by atoms with Crippen molar-refractivity contribution in [1.82, 2.24) is 4.98 Å². The van der Waals surface area contributed by atoms with E-state index in [1.165, 1.54) is 16.9 Å². The molecule has 1 unspecified atom stereocenters. The van der Waals surface area contributed by atoms with Crippen LogP contribution in [0.4, 0.5) is 0 Å². The summed E-state index contributed by atoms with van der Waals surface area (Å²) < 4.78 is 10.0. The molecule has 7 nitrogen and oxygen atoms in total. The number of carbonyl (C=O) groups is 2. The van der Waals surface area contributed by atoms with Gasteiger partial charge in [0.15, 0.2) is 5.41 Å². The Bertz CT molecular complexity index is 708. The number of ether oxygens (including phenoxy) is 2. The average Bonchev–Trinajstić information content (AvgIpc) is 2.75. The number of aromatic nitrogens is 1. The van der Waals surface area contributed by atoms with Crippen molar-refractivity contribution in [3.63, 3.8) is 0 Å². The summed E-state index contributed by atoms with van der Waals surface area (Å²) in [4.78, 5) is 30.3. The van der Waals surface area contributed by atoms with Gasteiger partial charge in [-0.15, -0.1) is 0 Å². The van der Waals surface area contributed by atoms with Crippen molar-refractivity contribution >= 4 is 11.9 Å². The van der Waals surface area contributed by atoms with Gasteiger partial charge in [-0.3, -0.25) is 14.6 Å². The summed E-state index contributed by atoms with van der Waals surface area (Å²) in [6.45, 7) is 4.41. The first kappa shape index (κ1) is 22.9. The highest BCUT2D eigenvalue weighted by Gasteiger charge is 2.48. The average molecular weight is 403 g/mol.